The Labute approximate surface area is 148 Å². The molecule has 0 spiro atoms. The number of carboxylic acids is 1. The van der Waals surface area contributed by atoms with Crippen LogP contribution in [-0.2, 0) is 4.79 Å². The lowest BCUT2D eigenvalue weighted by Crippen LogP contribution is -2.35. The van der Waals surface area contributed by atoms with Crippen molar-refractivity contribution in [3.63, 3.8) is 0 Å². The van der Waals surface area contributed by atoms with Crippen LogP contribution in [0, 0.1) is 18.8 Å². The summed E-state index contributed by atoms with van der Waals surface area (Å²) in [5.41, 5.74) is 1.21. The summed E-state index contributed by atoms with van der Waals surface area (Å²) >= 11 is 0. The zero-order valence-electron chi connectivity index (χ0n) is 14.6. The van der Waals surface area contributed by atoms with Gasteiger partial charge in [-0.15, -0.1) is 0 Å². The van der Waals surface area contributed by atoms with Gasteiger partial charge in [0.1, 0.15) is 5.75 Å². The standard InChI is InChI=1S/C17H21F3N2O4/c1-9(2)26-14-6-11(5-4-10(14)3)21-16(25)22-7-12(15(23)24)13(8-22)17(18,19)20/h4-6,9,12-13H,7-8H2,1-3H3,(H,21,25)(H,23,24)/t12-,13-/m1/s1. The number of urea groups is 1. The van der Waals surface area contributed by atoms with Crippen molar-refractivity contribution in [1.29, 1.82) is 0 Å². The number of carbonyl (C=O) groups is 2. The average Bonchev–Trinajstić information content (AvgIpc) is 2.96. The van der Waals surface area contributed by atoms with E-state index in [-0.39, 0.29) is 6.10 Å². The van der Waals surface area contributed by atoms with Crippen LogP contribution in [-0.4, -0.2) is 47.4 Å². The van der Waals surface area contributed by atoms with E-state index in [4.69, 9.17) is 9.84 Å². The fourth-order valence-electron chi connectivity index (χ4n) is 2.81. The monoisotopic (exact) mass is 374 g/mol. The van der Waals surface area contributed by atoms with E-state index >= 15 is 0 Å². The van der Waals surface area contributed by atoms with E-state index in [9.17, 15) is 22.8 Å². The number of carbonyl (C=O) groups excluding carboxylic acids is 1. The van der Waals surface area contributed by atoms with Gasteiger partial charge in [-0.3, -0.25) is 4.79 Å². The molecule has 2 atom stereocenters. The topological polar surface area (TPSA) is 78.9 Å². The number of alkyl halides is 3. The molecule has 1 fully saturated rings. The zero-order valence-corrected chi connectivity index (χ0v) is 14.6. The van der Waals surface area contributed by atoms with Gasteiger partial charge in [0, 0.05) is 24.8 Å². The number of likely N-dealkylation sites (tertiary alicyclic amines) is 1. The van der Waals surface area contributed by atoms with Crippen molar-refractivity contribution >= 4 is 17.7 Å². The lowest BCUT2D eigenvalue weighted by Gasteiger charge is -2.19. The van der Waals surface area contributed by atoms with Gasteiger partial charge in [-0.05, 0) is 32.4 Å². The molecular weight excluding hydrogens is 353 g/mol. The summed E-state index contributed by atoms with van der Waals surface area (Å²) < 4.78 is 44.7. The number of halogens is 3. The number of ether oxygens (including phenoxy) is 1. The number of anilines is 1. The SMILES string of the molecule is Cc1ccc(NC(=O)N2C[C@@H](C(F)(F)F)[C@H](C(=O)O)C2)cc1OC(C)C. The molecule has 1 aromatic rings. The van der Waals surface area contributed by atoms with E-state index in [0.29, 0.717) is 11.4 Å². The molecule has 6 nitrogen and oxygen atoms in total. The largest absolute Gasteiger partial charge is 0.491 e. The Morgan fingerprint density at radius 1 is 1.31 bits per heavy atom. The third-order valence-corrected chi connectivity index (χ3v) is 4.15. The number of rotatable bonds is 4. The van der Waals surface area contributed by atoms with E-state index in [1.165, 1.54) is 0 Å². The Kier molecular flexibility index (Phi) is 5.68. The average molecular weight is 374 g/mol. The molecule has 1 saturated heterocycles. The molecule has 0 aliphatic carbocycles. The van der Waals surface area contributed by atoms with Crippen LogP contribution >= 0.6 is 0 Å². The van der Waals surface area contributed by atoms with E-state index in [1.807, 2.05) is 20.8 Å². The number of benzene rings is 1. The highest BCUT2D eigenvalue weighted by Gasteiger charge is 2.53. The van der Waals surface area contributed by atoms with Crippen molar-refractivity contribution in [2.45, 2.75) is 33.1 Å². The fraction of sp³-hybridized carbons (Fsp3) is 0.529. The number of nitrogens with zero attached hydrogens (tertiary/aromatic N) is 1. The predicted octanol–water partition coefficient (Wildman–Crippen LogP) is 3.51. The summed E-state index contributed by atoms with van der Waals surface area (Å²) in [6, 6.07) is 4.13. The minimum absolute atomic E-state index is 0.0814. The van der Waals surface area contributed by atoms with Crippen molar-refractivity contribution < 1.29 is 32.6 Å². The predicted molar refractivity (Wildman–Crippen MR) is 88.2 cm³/mol. The molecule has 26 heavy (non-hydrogen) atoms. The van der Waals surface area contributed by atoms with Crippen LogP contribution in [0.15, 0.2) is 18.2 Å². The van der Waals surface area contributed by atoms with Crippen molar-refractivity contribution in [2.24, 2.45) is 11.8 Å². The lowest BCUT2D eigenvalue weighted by atomic mass is 9.96. The first-order valence-electron chi connectivity index (χ1n) is 8.11. The van der Waals surface area contributed by atoms with Crippen molar-refractivity contribution in [3.05, 3.63) is 23.8 Å². The molecule has 1 aliphatic rings. The minimum atomic E-state index is -4.68. The number of hydrogen-bond acceptors (Lipinski definition) is 3. The second-order valence-electron chi connectivity index (χ2n) is 6.57. The molecule has 0 aromatic heterocycles. The van der Waals surface area contributed by atoms with E-state index in [2.05, 4.69) is 5.32 Å². The van der Waals surface area contributed by atoms with Gasteiger partial charge in [0.05, 0.1) is 17.9 Å². The number of amides is 2. The maximum absolute atomic E-state index is 13.0. The van der Waals surface area contributed by atoms with Crippen LogP contribution in [0.25, 0.3) is 0 Å². The van der Waals surface area contributed by atoms with Crippen LogP contribution in [0.4, 0.5) is 23.7 Å². The minimum Gasteiger partial charge on any atom is -0.491 e. The molecular formula is C17H21F3N2O4. The van der Waals surface area contributed by atoms with Gasteiger partial charge in [-0.25, -0.2) is 4.79 Å². The van der Waals surface area contributed by atoms with Crippen LogP contribution < -0.4 is 10.1 Å². The highest BCUT2D eigenvalue weighted by atomic mass is 19.4. The van der Waals surface area contributed by atoms with Crippen LogP contribution in [0.1, 0.15) is 19.4 Å². The Balaban J connectivity index is 2.12. The Hall–Kier alpha value is -2.45. The third-order valence-electron chi connectivity index (χ3n) is 4.15. The molecule has 0 radical (unpaired) electrons. The maximum atomic E-state index is 13.0. The number of hydrogen-bond donors (Lipinski definition) is 2. The van der Waals surface area contributed by atoms with Gasteiger partial charge in [0.2, 0.25) is 0 Å². The molecule has 1 aliphatic heterocycles. The zero-order chi connectivity index (χ0) is 19.6. The number of aliphatic carboxylic acids is 1. The first kappa shape index (κ1) is 19.9. The van der Waals surface area contributed by atoms with Gasteiger partial charge in [0.15, 0.2) is 0 Å². The van der Waals surface area contributed by atoms with Crippen molar-refractivity contribution in [3.8, 4) is 5.75 Å². The molecule has 144 valence electrons. The summed E-state index contributed by atoms with van der Waals surface area (Å²) in [6.07, 6.45) is -4.76. The van der Waals surface area contributed by atoms with Crippen molar-refractivity contribution in [2.75, 3.05) is 18.4 Å². The van der Waals surface area contributed by atoms with Gasteiger partial charge >= 0.3 is 18.2 Å². The molecule has 0 unspecified atom stereocenters. The summed E-state index contributed by atoms with van der Waals surface area (Å²) in [5, 5.41) is 11.5. The van der Waals surface area contributed by atoms with Gasteiger partial charge in [-0.2, -0.15) is 13.2 Å². The summed E-state index contributed by atoms with van der Waals surface area (Å²) in [5.74, 6) is -4.76. The summed E-state index contributed by atoms with van der Waals surface area (Å²) in [7, 11) is 0. The molecule has 9 heteroatoms. The van der Waals surface area contributed by atoms with Gasteiger partial charge < -0.3 is 20.1 Å². The highest BCUT2D eigenvalue weighted by molar-refractivity contribution is 5.90. The number of carboxylic acid groups (broad SMARTS) is 1. The fourth-order valence-corrected chi connectivity index (χ4v) is 2.81. The second kappa shape index (κ2) is 7.43. The quantitative estimate of drug-likeness (QED) is 0.845. The summed E-state index contributed by atoms with van der Waals surface area (Å²) in [6.45, 7) is 4.34. The summed E-state index contributed by atoms with van der Waals surface area (Å²) in [4.78, 5) is 24.3. The van der Waals surface area contributed by atoms with E-state index in [1.54, 1.807) is 18.2 Å². The third kappa shape index (κ3) is 4.59. The molecule has 2 amide bonds. The Morgan fingerprint density at radius 3 is 2.46 bits per heavy atom. The molecule has 0 bridgehead atoms. The number of nitrogens with one attached hydrogen (secondary N) is 1. The van der Waals surface area contributed by atoms with Gasteiger partial charge in [0.25, 0.3) is 0 Å². The Bertz CT molecular complexity index is 691. The van der Waals surface area contributed by atoms with Crippen molar-refractivity contribution in [1.82, 2.24) is 4.90 Å². The van der Waals surface area contributed by atoms with Crippen LogP contribution in [0.2, 0.25) is 0 Å². The first-order chi connectivity index (χ1) is 12.0. The van der Waals surface area contributed by atoms with Gasteiger partial charge in [-0.1, -0.05) is 6.07 Å². The first-order valence-corrected chi connectivity index (χ1v) is 8.11. The lowest BCUT2D eigenvalue weighted by molar-refractivity contribution is -0.187. The second-order valence-corrected chi connectivity index (χ2v) is 6.57. The molecule has 2 rings (SSSR count). The normalized spacial score (nSPS) is 20.3. The molecule has 1 heterocycles. The van der Waals surface area contributed by atoms with Crippen LogP contribution in [0.3, 0.4) is 0 Å². The smallest absolute Gasteiger partial charge is 0.394 e. The highest BCUT2D eigenvalue weighted by Crippen LogP contribution is 2.38. The molecule has 2 N–H and O–H groups in total. The number of aryl methyl sites for hydroxylation is 1. The van der Waals surface area contributed by atoms with E-state index < -0.39 is 43.1 Å². The van der Waals surface area contributed by atoms with Crippen LogP contribution in [0.5, 0.6) is 5.75 Å². The molecule has 1 aromatic carbocycles. The maximum Gasteiger partial charge on any atom is 0.394 e. The Morgan fingerprint density at radius 2 is 1.96 bits per heavy atom. The van der Waals surface area contributed by atoms with E-state index in [0.717, 1.165) is 10.5 Å². The molecule has 0 saturated carbocycles.